The molecule has 1 fully saturated rings. The minimum atomic E-state index is -3.54. The normalized spacial score (nSPS) is 22.8. The van der Waals surface area contributed by atoms with Crippen molar-refractivity contribution < 1.29 is 18.5 Å². The highest BCUT2D eigenvalue weighted by atomic mass is 32.3. The maximum Gasteiger partial charge on any atom is 0.354 e. The molecular formula is C21H28FN5O3S2. The molecule has 3 atom stereocenters. The maximum atomic E-state index is 15.0. The largest absolute Gasteiger partial charge is 0.384 e. The van der Waals surface area contributed by atoms with Gasteiger partial charge in [-0.1, -0.05) is 25.6 Å². The highest BCUT2D eigenvalue weighted by Gasteiger charge is 2.40. The predicted molar refractivity (Wildman–Crippen MR) is 126 cm³/mol. The van der Waals surface area contributed by atoms with Crippen LogP contribution in [0.3, 0.4) is 0 Å². The second-order valence-corrected chi connectivity index (χ2v) is 12.4. The van der Waals surface area contributed by atoms with Crippen molar-refractivity contribution in [3.63, 3.8) is 0 Å². The lowest BCUT2D eigenvalue weighted by Gasteiger charge is -2.20. The Bertz CT molecular complexity index is 1140. The van der Waals surface area contributed by atoms with Crippen molar-refractivity contribution in [3.05, 3.63) is 28.6 Å². The third-order valence-electron chi connectivity index (χ3n) is 5.30. The van der Waals surface area contributed by atoms with Crippen LogP contribution in [0.4, 0.5) is 14.9 Å². The maximum absolute atomic E-state index is 15.0. The van der Waals surface area contributed by atoms with Crippen LogP contribution in [0.5, 0.6) is 0 Å². The fourth-order valence-electron chi connectivity index (χ4n) is 3.63. The van der Waals surface area contributed by atoms with E-state index in [0.717, 1.165) is 24.6 Å². The zero-order chi connectivity index (χ0) is 24.0. The Labute approximate surface area is 192 Å². The Morgan fingerprint density at radius 1 is 1.50 bits per heavy atom. The highest BCUT2D eigenvalue weighted by molar-refractivity contribution is 8.23. The first-order chi connectivity index (χ1) is 14.8. The SMILES string of the molecule is CC(C)c1c(F)c(C#N)cc(C2CC2)c1NC(=O)N=S(N)(=O)C1SC(C(C)(C)O)=NC1C. The number of amides is 2. The second kappa shape index (κ2) is 8.74. The van der Waals surface area contributed by atoms with E-state index >= 15 is 0 Å². The zero-order valence-corrected chi connectivity index (χ0v) is 20.3. The van der Waals surface area contributed by atoms with E-state index in [1.54, 1.807) is 34.6 Å². The number of carbonyl (C=O) groups excluding carboxylic acids is 1. The number of nitrogens with two attached hydrogens (primary N) is 1. The molecule has 4 N–H and O–H groups in total. The minimum Gasteiger partial charge on any atom is -0.384 e. The number of hydrogen-bond acceptors (Lipinski definition) is 6. The van der Waals surface area contributed by atoms with Crippen molar-refractivity contribution in [2.75, 3.05) is 5.32 Å². The van der Waals surface area contributed by atoms with E-state index in [1.165, 1.54) is 6.07 Å². The molecule has 174 valence electrons. The van der Waals surface area contributed by atoms with Gasteiger partial charge in [-0.3, -0.25) is 4.99 Å². The Kier molecular flexibility index (Phi) is 6.73. The molecule has 2 aliphatic rings. The van der Waals surface area contributed by atoms with Crippen molar-refractivity contribution in [1.82, 2.24) is 0 Å². The molecule has 1 heterocycles. The van der Waals surface area contributed by atoms with E-state index in [1.807, 2.05) is 6.07 Å². The number of aliphatic hydroxyl groups is 1. The van der Waals surface area contributed by atoms with Gasteiger partial charge >= 0.3 is 6.03 Å². The number of anilines is 1. The number of benzene rings is 1. The monoisotopic (exact) mass is 481 g/mol. The number of halogens is 1. The third-order valence-corrected chi connectivity index (χ3v) is 9.38. The third kappa shape index (κ3) is 4.98. The van der Waals surface area contributed by atoms with Crippen LogP contribution in [0.1, 0.15) is 76.0 Å². The average Bonchev–Trinajstić information content (AvgIpc) is 3.40. The molecule has 3 unspecified atom stereocenters. The van der Waals surface area contributed by atoms with Crippen LogP contribution >= 0.6 is 11.8 Å². The molecule has 0 spiro atoms. The number of carbonyl (C=O) groups is 1. The Balaban J connectivity index is 1.96. The number of nitrogens with one attached hydrogen (secondary N) is 1. The lowest BCUT2D eigenvalue weighted by atomic mass is 9.92. The summed E-state index contributed by atoms with van der Waals surface area (Å²) in [4.78, 5) is 17.1. The number of aliphatic imine (C=N–C) groups is 1. The zero-order valence-electron chi connectivity index (χ0n) is 18.7. The van der Waals surface area contributed by atoms with Gasteiger partial charge in [-0.25, -0.2) is 18.5 Å². The van der Waals surface area contributed by atoms with Gasteiger partial charge in [0, 0.05) is 5.56 Å². The van der Waals surface area contributed by atoms with Crippen LogP contribution in [0.15, 0.2) is 15.4 Å². The van der Waals surface area contributed by atoms with Crippen molar-refractivity contribution >= 4 is 38.4 Å². The summed E-state index contributed by atoms with van der Waals surface area (Å²) in [5, 5.41) is 28.4. The number of urea groups is 1. The molecule has 11 heteroatoms. The molecule has 3 rings (SSSR count). The van der Waals surface area contributed by atoms with Gasteiger partial charge in [0.2, 0.25) is 0 Å². The molecule has 1 aromatic carbocycles. The molecule has 1 aromatic rings. The van der Waals surface area contributed by atoms with Gasteiger partial charge in [0.15, 0.2) is 0 Å². The summed E-state index contributed by atoms with van der Waals surface area (Å²) in [5.41, 5.74) is -0.134. The van der Waals surface area contributed by atoms with Gasteiger partial charge in [-0.15, -0.1) is 4.36 Å². The molecule has 1 aliphatic carbocycles. The van der Waals surface area contributed by atoms with E-state index in [9.17, 15) is 23.8 Å². The van der Waals surface area contributed by atoms with E-state index in [4.69, 9.17) is 5.14 Å². The van der Waals surface area contributed by atoms with Crippen molar-refractivity contribution in [1.29, 1.82) is 5.26 Å². The molecule has 2 amide bonds. The summed E-state index contributed by atoms with van der Waals surface area (Å²) in [6.07, 6.45) is 1.74. The van der Waals surface area contributed by atoms with Crippen LogP contribution in [-0.2, 0) is 9.92 Å². The summed E-state index contributed by atoms with van der Waals surface area (Å²) in [5.74, 6) is -0.878. The van der Waals surface area contributed by atoms with Crippen LogP contribution < -0.4 is 10.5 Å². The van der Waals surface area contributed by atoms with E-state index < -0.39 is 38.0 Å². The van der Waals surface area contributed by atoms with Crippen molar-refractivity contribution in [2.24, 2.45) is 14.5 Å². The minimum absolute atomic E-state index is 0.0689. The lowest BCUT2D eigenvalue weighted by molar-refractivity contribution is 0.157. The molecule has 32 heavy (non-hydrogen) atoms. The summed E-state index contributed by atoms with van der Waals surface area (Å²) >= 11 is 1.04. The Morgan fingerprint density at radius 3 is 2.59 bits per heavy atom. The second-order valence-electron chi connectivity index (χ2n) is 9.01. The first-order valence-corrected chi connectivity index (χ1v) is 12.9. The van der Waals surface area contributed by atoms with Gasteiger partial charge in [0.1, 0.15) is 37.0 Å². The summed E-state index contributed by atoms with van der Waals surface area (Å²) in [6.45, 7) is 8.34. The number of thioether (sulfide) groups is 1. The number of nitriles is 1. The predicted octanol–water partition coefficient (Wildman–Crippen LogP) is 4.20. The Hall–Kier alpha value is -2.00. The first kappa shape index (κ1) is 24.6. The fourth-order valence-corrected chi connectivity index (χ4v) is 6.61. The molecular weight excluding hydrogens is 453 g/mol. The fraction of sp³-hybridized carbons (Fsp3) is 0.571. The van der Waals surface area contributed by atoms with Crippen LogP contribution in [0.2, 0.25) is 0 Å². The smallest absolute Gasteiger partial charge is 0.354 e. The van der Waals surface area contributed by atoms with Gasteiger partial charge in [0.25, 0.3) is 0 Å². The van der Waals surface area contributed by atoms with E-state index in [-0.39, 0.29) is 28.7 Å². The molecule has 0 saturated heterocycles. The van der Waals surface area contributed by atoms with Crippen molar-refractivity contribution in [3.8, 4) is 6.07 Å². The summed E-state index contributed by atoms with van der Waals surface area (Å²) in [6, 6.07) is 1.88. The summed E-state index contributed by atoms with van der Waals surface area (Å²) in [7, 11) is -3.54. The number of rotatable bonds is 5. The standard InChI is InChI=1S/C21H28FN5O3S2/c1-10(2)15-16(22)13(9-23)8-14(12-6-7-12)17(15)26-20(28)27-32(24,30)18-11(3)25-19(31-18)21(4,5)29/h8,10-12,18,29H,6-7H2,1-5H3,(H3,24,26,27,28,30). The quantitative estimate of drug-likeness (QED) is 0.578. The van der Waals surface area contributed by atoms with Crippen molar-refractivity contribution in [2.45, 2.75) is 75.5 Å². The Morgan fingerprint density at radius 2 is 2.12 bits per heavy atom. The molecule has 1 saturated carbocycles. The molecule has 0 radical (unpaired) electrons. The number of hydrogen-bond donors (Lipinski definition) is 3. The lowest BCUT2D eigenvalue weighted by Crippen LogP contribution is -2.33. The molecule has 0 aromatic heterocycles. The van der Waals surface area contributed by atoms with E-state index in [2.05, 4.69) is 14.7 Å². The number of nitrogens with zero attached hydrogens (tertiary/aromatic N) is 3. The highest BCUT2D eigenvalue weighted by Crippen LogP contribution is 2.47. The van der Waals surface area contributed by atoms with Crippen LogP contribution in [0.25, 0.3) is 0 Å². The topological polar surface area (TPSA) is 141 Å². The average molecular weight is 482 g/mol. The van der Waals surface area contributed by atoms with E-state index in [0.29, 0.717) is 10.6 Å². The van der Waals surface area contributed by atoms with Gasteiger partial charge in [-0.05, 0) is 57.1 Å². The van der Waals surface area contributed by atoms with Crippen LogP contribution in [-0.4, -0.2) is 36.6 Å². The molecule has 1 aliphatic heterocycles. The molecule has 8 nitrogen and oxygen atoms in total. The van der Waals surface area contributed by atoms with Gasteiger partial charge in [0.05, 0.1) is 17.3 Å². The first-order valence-electron chi connectivity index (χ1n) is 10.3. The summed E-state index contributed by atoms with van der Waals surface area (Å²) < 4.78 is 31.0. The van der Waals surface area contributed by atoms with Gasteiger partial charge in [-0.2, -0.15) is 5.26 Å². The van der Waals surface area contributed by atoms with Gasteiger partial charge < -0.3 is 10.4 Å². The van der Waals surface area contributed by atoms with Crippen LogP contribution in [0, 0.1) is 17.1 Å². The molecule has 0 bridgehead atoms.